The highest BCUT2D eigenvalue weighted by Crippen LogP contribution is 2.35. The lowest BCUT2D eigenvalue weighted by Crippen LogP contribution is -2.42. The monoisotopic (exact) mass is 561 g/mol. The van der Waals surface area contributed by atoms with E-state index in [-0.39, 0.29) is 48.7 Å². The number of anilines is 1. The van der Waals surface area contributed by atoms with Crippen molar-refractivity contribution >= 4 is 35.1 Å². The van der Waals surface area contributed by atoms with Crippen molar-refractivity contribution in [2.75, 3.05) is 24.7 Å². The molecule has 2 aromatic heterocycles. The van der Waals surface area contributed by atoms with Gasteiger partial charge in [-0.3, -0.25) is 19.5 Å². The molecule has 0 fully saturated rings. The van der Waals surface area contributed by atoms with Gasteiger partial charge in [-0.05, 0) is 42.8 Å². The number of pyridine rings is 1. The van der Waals surface area contributed by atoms with E-state index < -0.39 is 17.9 Å². The molecule has 2 amide bonds. The summed E-state index contributed by atoms with van der Waals surface area (Å²) in [5.74, 6) is -0.817. The summed E-state index contributed by atoms with van der Waals surface area (Å²) in [7, 11) is 0. The summed E-state index contributed by atoms with van der Waals surface area (Å²) in [6.07, 6.45) is 4.46. The fourth-order valence-electron chi connectivity index (χ4n) is 4.45. The summed E-state index contributed by atoms with van der Waals surface area (Å²) in [5, 5.41) is 7.98. The molecule has 0 bridgehead atoms. The van der Waals surface area contributed by atoms with Crippen LogP contribution in [0.2, 0.25) is 5.02 Å². The molecular formula is C28H24ClN5O6. The number of benzene rings is 2. The molecule has 1 unspecified atom stereocenters. The van der Waals surface area contributed by atoms with Gasteiger partial charge < -0.3 is 18.8 Å². The zero-order valence-electron chi connectivity index (χ0n) is 21.4. The normalized spacial score (nSPS) is 13.8. The fraction of sp³-hybridized carbons (Fsp3) is 0.214. The molecule has 3 heterocycles. The summed E-state index contributed by atoms with van der Waals surface area (Å²) in [6, 6.07) is 14.6. The van der Waals surface area contributed by atoms with Crippen molar-refractivity contribution in [1.82, 2.24) is 20.1 Å². The van der Waals surface area contributed by atoms with Gasteiger partial charge in [0.1, 0.15) is 18.3 Å². The van der Waals surface area contributed by atoms with E-state index in [4.69, 9.17) is 25.5 Å². The molecule has 0 radical (unpaired) electrons. The first-order valence-corrected chi connectivity index (χ1v) is 12.8. The predicted molar refractivity (Wildman–Crippen MR) is 143 cm³/mol. The molecule has 11 nitrogen and oxygen atoms in total. The number of carbonyl (C=O) groups is 3. The Bertz CT molecular complexity index is 1510. The number of hydrogen-bond donors (Lipinski definition) is 0. The first-order chi connectivity index (χ1) is 19.5. The van der Waals surface area contributed by atoms with Crippen LogP contribution < -0.4 is 9.64 Å². The predicted octanol–water partition coefficient (Wildman–Crippen LogP) is 3.84. The van der Waals surface area contributed by atoms with Crippen LogP contribution in [0.15, 0.2) is 77.8 Å². The Morgan fingerprint density at radius 2 is 1.98 bits per heavy atom. The molecule has 4 aromatic rings. The number of rotatable bonds is 8. The van der Waals surface area contributed by atoms with E-state index in [2.05, 4.69) is 15.2 Å². The van der Waals surface area contributed by atoms with Crippen molar-refractivity contribution in [3.63, 3.8) is 0 Å². The van der Waals surface area contributed by atoms with Crippen molar-refractivity contribution in [2.45, 2.75) is 19.5 Å². The molecule has 0 N–H and O–H groups in total. The van der Waals surface area contributed by atoms with E-state index in [0.29, 0.717) is 17.0 Å². The number of aromatic nitrogens is 3. The van der Waals surface area contributed by atoms with Crippen LogP contribution in [0.25, 0.3) is 0 Å². The Labute approximate surface area is 234 Å². The smallest absolute Gasteiger partial charge is 0.344 e. The van der Waals surface area contributed by atoms with E-state index in [1.54, 1.807) is 42.4 Å². The first-order valence-electron chi connectivity index (χ1n) is 12.4. The van der Waals surface area contributed by atoms with Gasteiger partial charge in [-0.1, -0.05) is 35.9 Å². The number of carbonyl (C=O) groups excluding carboxylic acids is 3. The average Bonchev–Trinajstić information content (AvgIpc) is 3.45. The molecule has 40 heavy (non-hydrogen) atoms. The van der Waals surface area contributed by atoms with Crippen LogP contribution in [0.1, 0.15) is 40.3 Å². The van der Waals surface area contributed by atoms with E-state index in [0.717, 1.165) is 5.56 Å². The summed E-state index contributed by atoms with van der Waals surface area (Å²) in [6.45, 7) is 1.55. The third-order valence-corrected chi connectivity index (χ3v) is 6.55. The van der Waals surface area contributed by atoms with Gasteiger partial charge in [-0.15, -0.1) is 10.2 Å². The average molecular weight is 562 g/mol. The van der Waals surface area contributed by atoms with Crippen LogP contribution in [0.5, 0.6) is 5.75 Å². The number of amides is 2. The van der Waals surface area contributed by atoms with E-state index in [1.165, 1.54) is 29.5 Å². The molecule has 0 aliphatic carbocycles. The molecular weight excluding hydrogens is 538 g/mol. The minimum Gasteiger partial charge on any atom is -0.482 e. The second kappa shape index (κ2) is 12.0. The zero-order chi connectivity index (χ0) is 28.1. The number of ether oxygens (including phenoxy) is 2. The van der Waals surface area contributed by atoms with Gasteiger partial charge in [0.05, 0.1) is 17.2 Å². The second-order valence-corrected chi connectivity index (χ2v) is 9.15. The van der Waals surface area contributed by atoms with Gasteiger partial charge in [0, 0.05) is 30.2 Å². The van der Waals surface area contributed by atoms with Crippen LogP contribution >= 0.6 is 11.6 Å². The highest BCUT2D eigenvalue weighted by Gasteiger charge is 2.37. The Balaban J connectivity index is 1.46. The van der Waals surface area contributed by atoms with Gasteiger partial charge >= 0.3 is 5.97 Å². The molecule has 2 aromatic carbocycles. The Kier molecular flexibility index (Phi) is 8.02. The number of esters is 1. The summed E-state index contributed by atoms with van der Waals surface area (Å²) in [5.41, 5.74) is 2.15. The standard InChI is InChI=1S/C28H24ClN5O6/c1-2-38-25(36)16-39-20-9-10-21(22(29)12-20)28(37)33-15-24(35)34(14-19-6-3-4-8-23(19)33)26(27-32-31-17-40-27)18-7-5-11-30-13-18/h3-13,17,26H,2,14-16H2,1H3. The maximum atomic E-state index is 13.8. The van der Waals surface area contributed by atoms with E-state index in [1.807, 2.05) is 18.2 Å². The quantitative estimate of drug-likeness (QED) is 0.295. The second-order valence-electron chi connectivity index (χ2n) is 8.74. The fourth-order valence-corrected chi connectivity index (χ4v) is 4.70. The molecule has 1 aliphatic heterocycles. The molecule has 1 atom stereocenters. The largest absolute Gasteiger partial charge is 0.482 e. The van der Waals surface area contributed by atoms with Crippen LogP contribution in [0.4, 0.5) is 5.69 Å². The number of nitrogens with zero attached hydrogens (tertiary/aromatic N) is 5. The topological polar surface area (TPSA) is 128 Å². The third-order valence-electron chi connectivity index (χ3n) is 6.24. The van der Waals surface area contributed by atoms with Gasteiger partial charge in [0.15, 0.2) is 6.61 Å². The molecule has 0 spiro atoms. The number of para-hydroxylation sites is 1. The highest BCUT2D eigenvalue weighted by atomic mass is 35.5. The van der Waals surface area contributed by atoms with Gasteiger partial charge in [0.25, 0.3) is 5.91 Å². The van der Waals surface area contributed by atoms with E-state index in [9.17, 15) is 14.4 Å². The molecule has 1 aliphatic rings. The van der Waals surface area contributed by atoms with Crippen LogP contribution in [0, 0.1) is 0 Å². The lowest BCUT2D eigenvalue weighted by molar-refractivity contribution is -0.145. The molecule has 204 valence electrons. The Morgan fingerprint density at radius 3 is 2.70 bits per heavy atom. The molecule has 12 heteroatoms. The van der Waals surface area contributed by atoms with Gasteiger partial charge in [-0.2, -0.15) is 0 Å². The van der Waals surface area contributed by atoms with Crippen LogP contribution in [0.3, 0.4) is 0 Å². The SMILES string of the molecule is CCOC(=O)COc1ccc(C(=O)N2CC(=O)N(C(c3cccnc3)c3nnco3)Cc3ccccc32)c(Cl)c1. The third kappa shape index (κ3) is 5.64. The van der Waals surface area contributed by atoms with Gasteiger partial charge in [-0.25, -0.2) is 4.79 Å². The maximum Gasteiger partial charge on any atom is 0.344 e. The first kappa shape index (κ1) is 26.8. The summed E-state index contributed by atoms with van der Waals surface area (Å²) in [4.78, 5) is 46.4. The van der Waals surface area contributed by atoms with Crippen molar-refractivity contribution < 1.29 is 28.3 Å². The number of halogens is 1. The molecule has 0 saturated heterocycles. The van der Waals surface area contributed by atoms with Crippen molar-refractivity contribution in [1.29, 1.82) is 0 Å². The maximum absolute atomic E-state index is 13.8. The summed E-state index contributed by atoms with van der Waals surface area (Å²) < 4.78 is 15.8. The Hall–Kier alpha value is -4.77. The van der Waals surface area contributed by atoms with Crippen molar-refractivity contribution in [2.24, 2.45) is 0 Å². The highest BCUT2D eigenvalue weighted by molar-refractivity contribution is 6.34. The lowest BCUT2D eigenvalue weighted by atomic mass is 10.1. The lowest BCUT2D eigenvalue weighted by Gasteiger charge is -2.28. The summed E-state index contributed by atoms with van der Waals surface area (Å²) >= 11 is 6.48. The number of hydrogen-bond acceptors (Lipinski definition) is 9. The molecule has 0 saturated carbocycles. The van der Waals surface area contributed by atoms with Crippen molar-refractivity contribution in [3.8, 4) is 5.75 Å². The van der Waals surface area contributed by atoms with E-state index >= 15 is 0 Å². The minimum absolute atomic E-state index is 0.108. The molecule has 5 rings (SSSR count). The number of fused-ring (bicyclic) bond motifs is 1. The van der Waals surface area contributed by atoms with Crippen LogP contribution in [-0.4, -0.2) is 57.6 Å². The van der Waals surface area contributed by atoms with Crippen molar-refractivity contribution in [3.05, 3.63) is 101 Å². The minimum atomic E-state index is -0.716. The van der Waals surface area contributed by atoms with Gasteiger partial charge in [0.2, 0.25) is 18.2 Å². The zero-order valence-corrected chi connectivity index (χ0v) is 22.2. The Morgan fingerprint density at radius 1 is 1.12 bits per heavy atom. The van der Waals surface area contributed by atoms with Crippen LogP contribution in [-0.2, 0) is 20.9 Å².